The van der Waals surface area contributed by atoms with Gasteiger partial charge in [-0.3, -0.25) is 10.2 Å². The van der Waals surface area contributed by atoms with Gasteiger partial charge in [0.15, 0.2) is 5.17 Å². The van der Waals surface area contributed by atoms with Gasteiger partial charge in [0.25, 0.3) is 5.91 Å². The van der Waals surface area contributed by atoms with Gasteiger partial charge in [-0.15, -0.1) is 17.0 Å². The molecule has 8 heteroatoms. The third kappa shape index (κ3) is 6.53. The number of nitrogens with one attached hydrogen (secondary N) is 2. The van der Waals surface area contributed by atoms with Gasteiger partial charge < -0.3 is 11.1 Å². The molecule has 0 radical (unpaired) electrons. The normalized spacial score (nSPS) is 9.60. The minimum atomic E-state index is -0.189. The van der Waals surface area contributed by atoms with E-state index in [0.29, 0.717) is 23.4 Å². The smallest absolute Gasteiger partial charge is 0.251 e. The number of benzene rings is 2. The van der Waals surface area contributed by atoms with Crippen molar-refractivity contribution >= 4 is 55.7 Å². The average Bonchev–Trinajstić information content (AvgIpc) is 2.58. The number of amidine groups is 1. The molecule has 1 amide bonds. The van der Waals surface area contributed by atoms with E-state index in [1.807, 2.05) is 18.2 Å². The van der Waals surface area contributed by atoms with Crippen LogP contribution in [0.15, 0.2) is 46.9 Å². The van der Waals surface area contributed by atoms with Crippen molar-refractivity contribution in [1.29, 1.82) is 10.7 Å². The first kappa shape index (κ1) is 21.2. The molecule has 0 spiro atoms. The lowest BCUT2D eigenvalue weighted by Gasteiger charge is -2.11. The topological polar surface area (TPSA) is 103 Å². The van der Waals surface area contributed by atoms with E-state index in [2.05, 4.69) is 27.3 Å². The number of nitrogens with zero attached hydrogens (tertiary/aromatic N) is 1. The summed E-state index contributed by atoms with van der Waals surface area (Å²) in [6.07, 6.45) is 0. The fourth-order valence-electron chi connectivity index (χ4n) is 2.03. The Bertz CT molecular complexity index is 803. The predicted molar refractivity (Wildman–Crippen MR) is 110 cm³/mol. The first-order valence-electron chi connectivity index (χ1n) is 7.02. The van der Waals surface area contributed by atoms with Crippen molar-refractivity contribution in [2.45, 2.75) is 12.3 Å². The number of hydrogen-bond acceptors (Lipinski definition) is 4. The van der Waals surface area contributed by atoms with Gasteiger partial charge in [0, 0.05) is 22.3 Å². The van der Waals surface area contributed by atoms with Crippen LogP contribution < -0.4 is 11.1 Å². The zero-order valence-electron chi connectivity index (χ0n) is 13.1. The van der Waals surface area contributed by atoms with Gasteiger partial charge in [-0.25, -0.2) is 0 Å². The van der Waals surface area contributed by atoms with Crippen LogP contribution in [0.5, 0.6) is 0 Å². The summed E-state index contributed by atoms with van der Waals surface area (Å²) in [5, 5.41) is 19.0. The molecule has 0 saturated carbocycles. The van der Waals surface area contributed by atoms with Crippen LogP contribution in [-0.4, -0.2) is 11.1 Å². The lowest BCUT2D eigenvalue weighted by molar-refractivity contribution is 0.0950. The van der Waals surface area contributed by atoms with Gasteiger partial charge in [-0.05, 0) is 41.5 Å². The van der Waals surface area contributed by atoms with Crippen LogP contribution in [0.4, 0.5) is 0 Å². The highest BCUT2D eigenvalue weighted by Gasteiger charge is 2.12. The summed E-state index contributed by atoms with van der Waals surface area (Å²) < 4.78 is 0.866. The van der Waals surface area contributed by atoms with Gasteiger partial charge in [0.2, 0.25) is 0 Å². The molecule has 0 aromatic heterocycles. The molecule has 2 rings (SSSR count). The maximum absolute atomic E-state index is 12.4. The second-order valence-corrected chi connectivity index (χ2v) is 6.88. The van der Waals surface area contributed by atoms with Gasteiger partial charge in [0.05, 0.1) is 11.6 Å². The SMILES string of the molecule is Br.N#Cc1ccc(CNC(=O)c2ccc(Br)cc2CSC(=N)N)cc1. The highest BCUT2D eigenvalue weighted by Crippen LogP contribution is 2.21. The monoisotopic (exact) mass is 482 g/mol. The van der Waals surface area contributed by atoms with Crippen LogP contribution in [0.3, 0.4) is 0 Å². The van der Waals surface area contributed by atoms with Crippen LogP contribution in [0.25, 0.3) is 0 Å². The summed E-state index contributed by atoms with van der Waals surface area (Å²) in [7, 11) is 0. The third-order valence-electron chi connectivity index (χ3n) is 3.23. The number of rotatable bonds is 5. The van der Waals surface area contributed by atoms with Gasteiger partial charge in [-0.2, -0.15) is 5.26 Å². The minimum absolute atomic E-state index is 0. The number of hydrogen-bond donors (Lipinski definition) is 3. The summed E-state index contributed by atoms with van der Waals surface area (Å²) >= 11 is 4.56. The van der Waals surface area contributed by atoms with Crippen LogP contribution in [-0.2, 0) is 12.3 Å². The van der Waals surface area contributed by atoms with E-state index >= 15 is 0 Å². The van der Waals surface area contributed by atoms with Gasteiger partial charge in [0.1, 0.15) is 0 Å². The van der Waals surface area contributed by atoms with Gasteiger partial charge in [-0.1, -0.05) is 39.8 Å². The average molecular weight is 484 g/mol. The number of thioether (sulfide) groups is 1. The Morgan fingerprint density at radius 2 is 1.96 bits per heavy atom. The van der Waals surface area contributed by atoms with Crippen molar-refractivity contribution in [2.75, 3.05) is 0 Å². The lowest BCUT2D eigenvalue weighted by atomic mass is 10.1. The van der Waals surface area contributed by atoms with E-state index in [4.69, 9.17) is 16.4 Å². The van der Waals surface area contributed by atoms with Crippen LogP contribution in [0.1, 0.15) is 27.0 Å². The Morgan fingerprint density at radius 3 is 2.56 bits per heavy atom. The molecule has 25 heavy (non-hydrogen) atoms. The van der Waals surface area contributed by atoms with E-state index in [1.54, 1.807) is 24.3 Å². The molecule has 4 N–H and O–H groups in total. The molecule has 2 aromatic carbocycles. The zero-order valence-corrected chi connectivity index (χ0v) is 17.2. The highest BCUT2D eigenvalue weighted by molar-refractivity contribution is 9.10. The molecule has 0 unspecified atom stereocenters. The molecule has 0 aliphatic carbocycles. The molecule has 0 bridgehead atoms. The maximum atomic E-state index is 12.4. The summed E-state index contributed by atoms with van der Waals surface area (Å²) in [5.41, 5.74) is 8.24. The molecule has 2 aromatic rings. The molecule has 0 atom stereocenters. The Hall–Kier alpha value is -1.82. The standard InChI is InChI=1S/C17H15BrN4OS.BrH/c18-14-5-6-15(13(7-14)10-24-17(20)21)16(23)22-9-12-3-1-11(8-19)2-4-12;/h1-7H,9-10H2,(H3,20,21)(H,22,23);1H. The van der Waals surface area contributed by atoms with Crippen molar-refractivity contribution in [2.24, 2.45) is 5.73 Å². The molecule has 0 aliphatic heterocycles. The Kier molecular flexibility index (Phi) is 8.69. The Balaban J connectivity index is 0.00000312. The van der Waals surface area contributed by atoms with Crippen LogP contribution in [0, 0.1) is 16.7 Å². The van der Waals surface area contributed by atoms with Crippen molar-refractivity contribution in [1.82, 2.24) is 5.32 Å². The Labute approximate surface area is 169 Å². The molecule has 5 nitrogen and oxygen atoms in total. The predicted octanol–water partition coefficient (Wildman–Crippen LogP) is 3.96. The molecule has 0 aliphatic rings. The number of amides is 1. The fraction of sp³-hybridized carbons (Fsp3) is 0.118. The number of nitriles is 1. The van der Waals surface area contributed by atoms with Crippen LogP contribution >= 0.6 is 44.7 Å². The number of halogens is 2. The van der Waals surface area contributed by atoms with E-state index in [9.17, 15) is 4.79 Å². The summed E-state index contributed by atoms with van der Waals surface area (Å²) in [5.74, 6) is 0.264. The van der Waals surface area contributed by atoms with Crippen LogP contribution in [0.2, 0.25) is 0 Å². The summed E-state index contributed by atoms with van der Waals surface area (Å²) in [6.45, 7) is 0.375. The maximum Gasteiger partial charge on any atom is 0.251 e. The molecular formula is C17H16Br2N4OS. The second-order valence-electron chi connectivity index (χ2n) is 4.95. The molecular weight excluding hydrogens is 468 g/mol. The van der Waals surface area contributed by atoms with Crippen molar-refractivity contribution < 1.29 is 4.79 Å². The zero-order chi connectivity index (χ0) is 17.5. The first-order valence-corrected chi connectivity index (χ1v) is 8.80. The summed E-state index contributed by atoms with van der Waals surface area (Å²) in [6, 6.07) is 14.5. The second kappa shape index (κ2) is 10.2. The van der Waals surface area contributed by atoms with Crippen molar-refractivity contribution in [3.05, 3.63) is 69.2 Å². The molecule has 0 heterocycles. The van der Waals surface area contributed by atoms with E-state index in [-0.39, 0.29) is 28.1 Å². The quantitative estimate of drug-likeness (QED) is 0.442. The summed E-state index contributed by atoms with van der Waals surface area (Å²) in [4.78, 5) is 12.4. The third-order valence-corrected chi connectivity index (χ3v) is 4.49. The highest BCUT2D eigenvalue weighted by atomic mass is 79.9. The first-order chi connectivity index (χ1) is 11.5. The number of carbonyl (C=O) groups excluding carboxylic acids is 1. The van der Waals surface area contributed by atoms with Crippen molar-refractivity contribution in [3.8, 4) is 6.07 Å². The molecule has 0 saturated heterocycles. The van der Waals surface area contributed by atoms with E-state index < -0.39 is 0 Å². The number of carbonyl (C=O) groups is 1. The van der Waals surface area contributed by atoms with E-state index in [1.165, 1.54) is 11.8 Å². The Morgan fingerprint density at radius 1 is 1.28 bits per heavy atom. The number of nitrogens with two attached hydrogens (primary N) is 1. The van der Waals surface area contributed by atoms with Crippen molar-refractivity contribution in [3.63, 3.8) is 0 Å². The van der Waals surface area contributed by atoms with E-state index in [0.717, 1.165) is 15.6 Å². The van der Waals surface area contributed by atoms with Gasteiger partial charge >= 0.3 is 0 Å². The molecule has 130 valence electrons. The molecule has 0 fully saturated rings. The largest absolute Gasteiger partial charge is 0.379 e. The minimum Gasteiger partial charge on any atom is -0.379 e. The lowest BCUT2D eigenvalue weighted by Crippen LogP contribution is -2.24. The fourth-order valence-corrected chi connectivity index (χ4v) is 2.99.